The first-order valence-electron chi connectivity index (χ1n) is 5.58. The second-order valence-electron chi connectivity index (χ2n) is 4.80. The molecule has 0 amide bonds. The van der Waals surface area contributed by atoms with Gasteiger partial charge in [0, 0.05) is 23.1 Å². The van der Waals surface area contributed by atoms with E-state index in [1.807, 2.05) is 0 Å². The van der Waals surface area contributed by atoms with Gasteiger partial charge in [-0.05, 0) is 31.7 Å². The summed E-state index contributed by atoms with van der Waals surface area (Å²) < 4.78 is 0. The number of nitrogens with zero attached hydrogens (tertiary/aromatic N) is 1. The Balaban J connectivity index is 2.03. The van der Waals surface area contributed by atoms with Gasteiger partial charge in [-0.25, -0.2) is 0 Å². The van der Waals surface area contributed by atoms with Crippen LogP contribution in [0.1, 0.15) is 48.6 Å². The van der Waals surface area contributed by atoms with Crippen molar-refractivity contribution >= 4 is 0 Å². The number of H-pyrrole nitrogens is 1. The van der Waals surface area contributed by atoms with Crippen LogP contribution in [0.2, 0.25) is 0 Å². The van der Waals surface area contributed by atoms with Gasteiger partial charge in [0.25, 0.3) is 0 Å². The summed E-state index contributed by atoms with van der Waals surface area (Å²) in [5.41, 5.74) is 10.0. The Hall–Kier alpha value is -0.830. The molecule has 1 aromatic rings. The summed E-state index contributed by atoms with van der Waals surface area (Å²) in [6.45, 7) is 3.06. The van der Waals surface area contributed by atoms with Gasteiger partial charge in [0.05, 0.1) is 5.69 Å². The molecule has 14 heavy (non-hydrogen) atoms. The van der Waals surface area contributed by atoms with Crippen molar-refractivity contribution in [2.45, 2.75) is 38.0 Å². The summed E-state index contributed by atoms with van der Waals surface area (Å²) in [5, 5.41) is 7.65. The molecule has 3 heteroatoms. The molecule has 3 rings (SSSR count). The molecule has 0 aliphatic heterocycles. The van der Waals surface area contributed by atoms with E-state index in [9.17, 15) is 0 Å². The van der Waals surface area contributed by atoms with E-state index in [0.717, 1.165) is 18.9 Å². The molecule has 2 aliphatic rings. The summed E-state index contributed by atoms with van der Waals surface area (Å²) in [7, 11) is 0. The quantitative estimate of drug-likeness (QED) is 0.744. The molecule has 0 radical (unpaired) electrons. The molecule has 1 fully saturated rings. The average molecular weight is 191 g/mol. The van der Waals surface area contributed by atoms with Crippen LogP contribution in [0.5, 0.6) is 0 Å². The molecule has 76 valence electrons. The van der Waals surface area contributed by atoms with Crippen molar-refractivity contribution in [1.82, 2.24) is 10.2 Å². The average Bonchev–Trinajstić information content (AvgIpc) is 2.85. The molecule has 0 spiro atoms. The van der Waals surface area contributed by atoms with E-state index < -0.39 is 0 Å². The highest BCUT2D eigenvalue weighted by Gasteiger charge is 2.38. The molecule has 0 saturated heterocycles. The van der Waals surface area contributed by atoms with E-state index in [0.29, 0.717) is 11.8 Å². The van der Waals surface area contributed by atoms with Crippen LogP contribution in [0.15, 0.2) is 0 Å². The summed E-state index contributed by atoms with van der Waals surface area (Å²) in [6, 6.07) is 0. The maximum Gasteiger partial charge on any atom is 0.0691 e. The fraction of sp³-hybridized carbons (Fsp3) is 0.727. The number of hydrogen-bond donors (Lipinski definition) is 2. The molecule has 2 aliphatic carbocycles. The first-order chi connectivity index (χ1) is 6.81. The highest BCUT2D eigenvalue weighted by Crippen LogP contribution is 2.47. The van der Waals surface area contributed by atoms with Gasteiger partial charge in [0.1, 0.15) is 0 Å². The van der Waals surface area contributed by atoms with Crippen LogP contribution in [0.3, 0.4) is 0 Å². The molecule has 1 aromatic heterocycles. The molecule has 2 atom stereocenters. The molecular weight excluding hydrogens is 174 g/mol. The fourth-order valence-corrected chi connectivity index (χ4v) is 2.74. The summed E-state index contributed by atoms with van der Waals surface area (Å²) in [4.78, 5) is 0. The second kappa shape index (κ2) is 2.83. The number of nitrogens with one attached hydrogen (secondary N) is 1. The Morgan fingerprint density at radius 1 is 1.50 bits per heavy atom. The highest BCUT2D eigenvalue weighted by molar-refractivity contribution is 5.38. The lowest BCUT2D eigenvalue weighted by Gasteiger charge is -2.14. The van der Waals surface area contributed by atoms with Gasteiger partial charge in [-0.15, -0.1) is 0 Å². The van der Waals surface area contributed by atoms with Crippen molar-refractivity contribution in [3.63, 3.8) is 0 Å². The van der Waals surface area contributed by atoms with Crippen LogP contribution in [-0.2, 0) is 6.42 Å². The Morgan fingerprint density at radius 2 is 2.29 bits per heavy atom. The predicted octanol–water partition coefficient (Wildman–Crippen LogP) is 1.52. The van der Waals surface area contributed by atoms with Crippen molar-refractivity contribution in [3.8, 4) is 0 Å². The largest absolute Gasteiger partial charge is 0.330 e. The van der Waals surface area contributed by atoms with E-state index in [-0.39, 0.29) is 0 Å². The van der Waals surface area contributed by atoms with Crippen LogP contribution in [0.4, 0.5) is 0 Å². The summed E-state index contributed by atoms with van der Waals surface area (Å²) >= 11 is 0. The highest BCUT2D eigenvalue weighted by atomic mass is 15.1. The molecule has 0 aromatic carbocycles. The molecule has 0 bridgehead atoms. The number of aromatic nitrogens is 2. The Bertz CT molecular complexity index is 351. The molecule has 1 heterocycles. The zero-order valence-corrected chi connectivity index (χ0v) is 8.59. The van der Waals surface area contributed by atoms with E-state index in [1.165, 1.54) is 29.8 Å². The number of hydrogen-bond acceptors (Lipinski definition) is 2. The third-order valence-corrected chi connectivity index (χ3v) is 3.71. The van der Waals surface area contributed by atoms with Gasteiger partial charge in [-0.2, -0.15) is 5.10 Å². The minimum Gasteiger partial charge on any atom is -0.330 e. The second-order valence-corrected chi connectivity index (χ2v) is 4.80. The first-order valence-corrected chi connectivity index (χ1v) is 5.58. The molecular formula is C11H17N3. The van der Waals surface area contributed by atoms with Gasteiger partial charge >= 0.3 is 0 Å². The standard InChI is InChI=1S/C11H17N3/c1-6-4-9-10(8(6)5-12)11(14-13-9)7-2-3-7/h6-8H,2-5,12H2,1H3,(H,13,14). The normalized spacial score (nSPS) is 30.7. The SMILES string of the molecule is CC1Cc2[nH]nc(C3CC3)c2C1CN. The lowest BCUT2D eigenvalue weighted by Crippen LogP contribution is -2.16. The van der Waals surface area contributed by atoms with Crippen LogP contribution >= 0.6 is 0 Å². The van der Waals surface area contributed by atoms with Gasteiger partial charge < -0.3 is 5.73 Å². The van der Waals surface area contributed by atoms with Crippen LogP contribution < -0.4 is 5.73 Å². The van der Waals surface area contributed by atoms with Gasteiger partial charge in [0.15, 0.2) is 0 Å². The number of rotatable bonds is 2. The van der Waals surface area contributed by atoms with Crippen molar-refractivity contribution in [2.75, 3.05) is 6.54 Å². The molecule has 3 N–H and O–H groups in total. The van der Waals surface area contributed by atoms with E-state index in [4.69, 9.17) is 5.73 Å². The lowest BCUT2D eigenvalue weighted by atomic mass is 9.93. The van der Waals surface area contributed by atoms with Crippen LogP contribution in [-0.4, -0.2) is 16.7 Å². The third kappa shape index (κ3) is 1.05. The zero-order valence-electron chi connectivity index (χ0n) is 8.59. The van der Waals surface area contributed by atoms with Crippen LogP contribution in [0, 0.1) is 5.92 Å². The van der Waals surface area contributed by atoms with Crippen molar-refractivity contribution < 1.29 is 0 Å². The summed E-state index contributed by atoms with van der Waals surface area (Å²) in [5.74, 6) is 2.00. The van der Waals surface area contributed by atoms with Gasteiger partial charge in [-0.3, -0.25) is 5.10 Å². The Labute approximate surface area is 84.1 Å². The first kappa shape index (κ1) is 8.48. The predicted molar refractivity (Wildman–Crippen MR) is 55.2 cm³/mol. The van der Waals surface area contributed by atoms with Gasteiger partial charge in [-0.1, -0.05) is 6.92 Å². The topological polar surface area (TPSA) is 54.7 Å². The zero-order chi connectivity index (χ0) is 9.71. The van der Waals surface area contributed by atoms with Crippen molar-refractivity contribution in [3.05, 3.63) is 17.0 Å². The summed E-state index contributed by atoms with van der Waals surface area (Å²) in [6.07, 6.45) is 3.78. The minimum absolute atomic E-state index is 0.555. The lowest BCUT2D eigenvalue weighted by molar-refractivity contribution is 0.497. The van der Waals surface area contributed by atoms with Gasteiger partial charge in [0.2, 0.25) is 0 Å². The number of fused-ring (bicyclic) bond motifs is 1. The number of nitrogens with two attached hydrogens (primary N) is 1. The smallest absolute Gasteiger partial charge is 0.0691 e. The Morgan fingerprint density at radius 3 is 2.93 bits per heavy atom. The molecule has 2 unspecified atom stereocenters. The van der Waals surface area contributed by atoms with E-state index in [1.54, 1.807) is 0 Å². The monoisotopic (exact) mass is 191 g/mol. The third-order valence-electron chi connectivity index (χ3n) is 3.71. The maximum absolute atomic E-state index is 5.85. The maximum atomic E-state index is 5.85. The van der Waals surface area contributed by atoms with E-state index in [2.05, 4.69) is 17.1 Å². The van der Waals surface area contributed by atoms with E-state index >= 15 is 0 Å². The molecule has 3 nitrogen and oxygen atoms in total. The van der Waals surface area contributed by atoms with Crippen molar-refractivity contribution in [1.29, 1.82) is 0 Å². The minimum atomic E-state index is 0.555. The Kier molecular flexibility index (Phi) is 1.71. The number of aromatic amines is 1. The van der Waals surface area contributed by atoms with Crippen LogP contribution in [0.25, 0.3) is 0 Å². The van der Waals surface area contributed by atoms with Crippen molar-refractivity contribution in [2.24, 2.45) is 11.7 Å². The fourth-order valence-electron chi connectivity index (χ4n) is 2.74. The molecule has 1 saturated carbocycles.